The van der Waals surface area contributed by atoms with E-state index in [1.807, 2.05) is 49.4 Å². The van der Waals surface area contributed by atoms with Crippen molar-refractivity contribution < 1.29 is 14.8 Å². The lowest BCUT2D eigenvalue weighted by Crippen LogP contribution is -2.22. The summed E-state index contributed by atoms with van der Waals surface area (Å²) in [5.74, 6) is -0.700. The molecular formula is C30H31N5O4. The summed E-state index contributed by atoms with van der Waals surface area (Å²) in [6.45, 7) is 4.03. The van der Waals surface area contributed by atoms with Gasteiger partial charge in [0, 0.05) is 41.3 Å². The van der Waals surface area contributed by atoms with Crippen molar-refractivity contribution in [3.63, 3.8) is 0 Å². The van der Waals surface area contributed by atoms with Crippen LogP contribution in [0.15, 0.2) is 77.7 Å². The van der Waals surface area contributed by atoms with E-state index >= 15 is 0 Å². The molecule has 0 saturated heterocycles. The summed E-state index contributed by atoms with van der Waals surface area (Å²) in [4.78, 5) is 42.2. The number of aromatic nitrogens is 2. The number of nitrogens with zero attached hydrogens (tertiary/aromatic N) is 2. The molecule has 9 nitrogen and oxygen atoms in total. The van der Waals surface area contributed by atoms with Crippen LogP contribution in [0.1, 0.15) is 51.6 Å². The maximum atomic E-state index is 13.2. The number of benzene rings is 3. The minimum absolute atomic E-state index is 0.105. The highest BCUT2D eigenvalue weighted by molar-refractivity contribution is 6.06. The van der Waals surface area contributed by atoms with Crippen molar-refractivity contribution in [1.29, 1.82) is 0 Å². The van der Waals surface area contributed by atoms with Crippen molar-refractivity contribution >= 4 is 29.0 Å². The molecule has 3 aromatic carbocycles. The minimum atomic E-state index is -0.635. The highest BCUT2D eigenvalue weighted by Crippen LogP contribution is 2.28. The molecule has 0 radical (unpaired) electrons. The normalized spacial score (nSPS) is 10.7. The number of hydrogen-bond acceptors (Lipinski definition) is 6. The SMILES string of the molecule is CCCCc1ccccc1C(=O)Nc1cccc(-c2cn(C)c(=O)c(Nc3ccc(C(=O)NO)cc3)n2)c1C. The highest BCUT2D eigenvalue weighted by atomic mass is 16.5. The number of hydrogen-bond donors (Lipinski definition) is 4. The number of rotatable bonds is 9. The van der Waals surface area contributed by atoms with Gasteiger partial charge in [-0.15, -0.1) is 0 Å². The molecule has 0 atom stereocenters. The number of carbonyl (C=O) groups excluding carboxylic acids is 2. The lowest BCUT2D eigenvalue weighted by molar-refractivity contribution is 0.0706. The molecule has 0 aliphatic heterocycles. The van der Waals surface area contributed by atoms with Crippen molar-refractivity contribution in [2.75, 3.05) is 10.6 Å². The summed E-state index contributed by atoms with van der Waals surface area (Å²) >= 11 is 0. The monoisotopic (exact) mass is 525 g/mol. The zero-order valence-electron chi connectivity index (χ0n) is 22.1. The first kappa shape index (κ1) is 27.3. The van der Waals surface area contributed by atoms with E-state index in [2.05, 4.69) is 22.5 Å². The Morgan fingerprint density at radius 3 is 2.44 bits per heavy atom. The van der Waals surface area contributed by atoms with E-state index in [4.69, 9.17) is 5.21 Å². The lowest BCUT2D eigenvalue weighted by Gasteiger charge is -2.15. The van der Waals surface area contributed by atoms with Crippen LogP contribution in [0.4, 0.5) is 17.2 Å². The van der Waals surface area contributed by atoms with E-state index in [0.717, 1.165) is 36.0 Å². The third-order valence-corrected chi connectivity index (χ3v) is 6.50. The predicted octanol–water partition coefficient (Wildman–Crippen LogP) is 5.21. The molecule has 1 aromatic heterocycles. The van der Waals surface area contributed by atoms with Crippen LogP contribution in [-0.4, -0.2) is 26.6 Å². The van der Waals surface area contributed by atoms with E-state index in [9.17, 15) is 14.4 Å². The Kier molecular flexibility index (Phi) is 8.53. The second kappa shape index (κ2) is 12.2. The first-order chi connectivity index (χ1) is 18.8. The topological polar surface area (TPSA) is 125 Å². The molecule has 1 heterocycles. The van der Waals surface area contributed by atoms with Crippen molar-refractivity contribution in [1.82, 2.24) is 15.0 Å². The standard InChI is InChI=1S/C30H31N5O4/c1-4-5-9-20-10-6-7-11-24(20)29(37)33-25-13-8-12-23(19(25)2)26-18-35(3)30(38)27(32-26)31-22-16-14-21(15-17-22)28(36)34-39/h6-8,10-18,39H,4-5,9H2,1-3H3,(H,31,32)(H,33,37)(H,34,36). The maximum absolute atomic E-state index is 13.2. The van der Waals surface area contributed by atoms with E-state index in [1.165, 1.54) is 16.7 Å². The first-order valence-electron chi connectivity index (χ1n) is 12.7. The van der Waals surface area contributed by atoms with Gasteiger partial charge in [0.25, 0.3) is 17.4 Å². The number of carbonyl (C=O) groups is 2. The minimum Gasteiger partial charge on any atom is -0.336 e. The van der Waals surface area contributed by atoms with Crippen LogP contribution in [0.25, 0.3) is 11.3 Å². The zero-order chi connectivity index (χ0) is 27.9. The Balaban J connectivity index is 1.62. The van der Waals surface area contributed by atoms with Gasteiger partial charge in [0.15, 0.2) is 5.82 Å². The third-order valence-electron chi connectivity index (χ3n) is 6.50. The molecule has 9 heteroatoms. The summed E-state index contributed by atoms with van der Waals surface area (Å²) in [5, 5.41) is 14.9. The Morgan fingerprint density at radius 1 is 0.974 bits per heavy atom. The summed E-state index contributed by atoms with van der Waals surface area (Å²) in [5.41, 5.74) is 6.52. The highest BCUT2D eigenvalue weighted by Gasteiger charge is 2.16. The van der Waals surface area contributed by atoms with Crippen LogP contribution in [0.3, 0.4) is 0 Å². The molecule has 0 fully saturated rings. The molecule has 4 N–H and O–H groups in total. The summed E-state index contributed by atoms with van der Waals surface area (Å²) < 4.78 is 1.44. The van der Waals surface area contributed by atoms with Crippen molar-refractivity contribution in [2.24, 2.45) is 7.05 Å². The fraction of sp³-hybridized carbons (Fsp3) is 0.200. The Morgan fingerprint density at radius 2 is 1.72 bits per heavy atom. The van der Waals surface area contributed by atoms with Crippen LogP contribution >= 0.6 is 0 Å². The average molecular weight is 526 g/mol. The van der Waals surface area contributed by atoms with Gasteiger partial charge in [-0.25, -0.2) is 10.5 Å². The van der Waals surface area contributed by atoms with Gasteiger partial charge in [0.1, 0.15) is 0 Å². The number of unbranched alkanes of at least 4 members (excludes halogenated alkanes) is 1. The average Bonchev–Trinajstić information content (AvgIpc) is 2.95. The zero-order valence-corrected chi connectivity index (χ0v) is 22.1. The molecule has 4 aromatic rings. The number of nitrogens with one attached hydrogen (secondary N) is 3. The Labute approximate surface area is 226 Å². The predicted molar refractivity (Wildman–Crippen MR) is 152 cm³/mol. The fourth-order valence-electron chi connectivity index (χ4n) is 4.29. The van der Waals surface area contributed by atoms with Crippen LogP contribution in [0.2, 0.25) is 0 Å². The van der Waals surface area contributed by atoms with E-state index in [-0.39, 0.29) is 22.8 Å². The van der Waals surface area contributed by atoms with Gasteiger partial charge in [0.05, 0.1) is 5.69 Å². The van der Waals surface area contributed by atoms with Gasteiger partial charge in [-0.2, -0.15) is 0 Å². The van der Waals surface area contributed by atoms with Gasteiger partial charge in [0.2, 0.25) is 0 Å². The smallest absolute Gasteiger partial charge is 0.293 e. The maximum Gasteiger partial charge on any atom is 0.293 e. The largest absolute Gasteiger partial charge is 0.336 e. The molecule has 2 amide bonds. The summed E-state index contributed by atoms with van der Waals surface area (Å²) in [6.07, 6.45) is 4.55. The first-order valence-corrected chi connectivity index (χ1v) is 12.7. The number of amides is 2. The molecule has 39 heavy (non-hydrogen) atoms. The second-order valence-corrected chi connectivity index (χ2v) is 9.23. The summed E-state index contributed by atoms with van der Waals surface area (Å²) in [7, 11) is 1.64. The number of aryl methyl sites for hydroxylation is 2. The van der Waals surface area contributed by atoms with Gasteiger partial charge in [-0.05, 0) is 67.3 Å². The van der Waals surface area contributed by atoms with Crippen molar-refractivity contribution in [3.05, 3.63) is 106 Å². The molecule has 0 aliphatic rings. The van der Waals surface area contributed by atoms with E-state index in [0.29, 0.717) is 22.6 Å². The number of hydroxylamine groups is 1. The molecule has 0 bridgehead atoms. The van der Waals surface area contributed by atoms with E-state index in [1.54, 1.807) is 30.9 Å². The quantitative estimate of drug-likeness (QED) is 0.176. The van der Waals surface area contributed by atoms with Gasteiger partial charge < -0.3 is 15.2 Å². The molecular weight excluding hydrogens is 494 g/mol. The Bertz CT molecular complexity index is 1560. The number of anilines is 3. The molecule has 0 saturated carbocycles. The summed E-state index contributed by atoms with van der Waals surface area (Å²) in [6, 6.07) is 19.5. The van der Waals surface area contributed by atoms with Gasteiger partial charge in [-0.3, -0.25) is 19.6 Å². The third kappa shape index (κ3) is 6.22. The second-order valence-electron chi connectivity index (χ2n) is 9.23. The molecule has 0 spiro atoms. The van der Waals surface area contributed by atoms with Crippen LogP contribution in [0, 0.1) is 6.92 Å². The fourth-order valence-corrected chi connectivity index (χ4v) is 4.29. The van der Waals surface area contributed by atoms with Crippen molar-refractivity contribution in [3.8, 4) is 11.3 Å². The Hall–Kier alpha value is -4.76. The van der Waals surface area contributed by atoms with Crippen LogP contribution < -0.4 is 21.7 Å². The lowest BCUT2D eigenvalue weighted by atomic mass is 10.0. The molecule has 0 aliphatic carbocycles. The van der Waals surface area contributed by atoms with Gasteiger partial charge in [-0.1, -0.05) is 43.7 Å². The van der Waals surface area contributed by atoms with Crippen LogP contribution in [0.5, 0.6) is 0 Å². The molecule has 200 valence electrons. The van der Waals surface area contributed by atoms with Crippen molar-refractivity contribution in [2.45, 2.75) is 33.1 Å². The van der Waals surface area contributed by atoms with E-state index < -0.39 is 5.91 Å². The van der Waals surface area contributed by atoms with Crippen LogP contribution in [-0.2, 0) is 13.5 Å². The molecule has 4 rings (SSSR count). The molecule has 0 unspecified atom stereocenters. The van der Waals surface area contributed by atoms with Gasteiger partial charge >= 0.3 is 0 Å².